The molecule has 2 aromatic rings. The maximum Gasteiger partial charge on any atom is 0.312 e. The minimum atomic E-state index is -0.875. The number of aliphatic carboxylic acids is 1. The van der Waals surface area contributed by atoms with Crippen LogP contribution in [0.4, 0.5) is 0 Å². The topological polar surface area (TPSA) is 59.4 Å². The quantitative estimate of drug-likeness (QED) is 0.896. The highest BCUT2D eigenvalue weighted by Gasteiger charge is 2.22. The highest BCUT2D eigenvalue weighted by atomic mass is 79.9. The summed E-state index contributed by atoms with van der Waals surface area (Å²) in [5.74, 6) is -0.784. The summed E-state index contributed by atoms with van der Waals surface area (Å²) in [7, 11) is 1.60. The highest BCUT2D eigenvalue weighted by Crippen LogP contribution is 2.24. The van der Waals surface area contributed by atoms with Crippen LogP contribution in [0.5, 0.6) is 5.75 Å². The Bertz CT molecular complexity index is 640. The summed E-state index contributed by atoms with van der Waals surface area (Å²) in [5.41, 5.74) is 2.48. The Hall–Kier alpha value is -1.88. The van der Waals surface area contributed by atoms with Crippen LogP contribution < -0.4 is 4.74 Å². The number of aryl methyl sites for hydroxylation is 1. The molecule has 1 aromatic heterocycles. The van der Waals surface area contributed by atoms with Crippen LogP contribution in [-0.2, 0) is 11.2 Å². The van der Waals surface area contributed by atoms with Crippen molar-refractivity contribution in [3.63, 3.8) is 0 Å². The van der Waals surface area contributed by atoms with Crippen molar-refractivity contribution in [2.45, 2.75) is 19.3 Å². The molecule has 4 nitrogen and oxygen atoms in total. The summed E-state index contributed by atoms with van der Waals surface area (Å²) in [5, 5.41) is 9.47. The van der Waals surface area contributed by atoms with Crippen molar-refractivity contribution in [2.24, 2.45) is 0 Å². The molecular weight excluding hydrogens is 334 g/mol. The van der Waals surface area contributed by atoms with E-state index in [9.17, 15) is 9.90 Å². The lowest BCUT2D eigenvalue weighted by Crippen LogP contribution is -2.16. The van der Waals surface area contributed by atoms with Crippen molar-refractivity contribution in [3.05, 3.63) is 57.8 Å². The average molecular weight is 350 g/mol. The molecule has 21 heavy (non-hydrogen) atoms. The van der Waals surface area contributed by atoms with E-state index in [2.05, 4.69) is 20.9 Å². The standard InChI is InChI=1S/C16H16BrNO3/c1-10-7-15(18-9-14(10)17)13(16(19)20)8-11-3-5-12(21-2)6-4-11/h3-7,9,13H,8H2,1-2H3,(H,19,20). The second-order valence-corrected chi connectivity index (χ2v) is 5.66. The van der Waals surface area contributed by atoms with Gasteiger partial charge in [0.1, 0.15) is 11.7 Å². The number of halogens is 1. The Labute approximate surface area is 131 Å². The van der Waals surface area contributed by atoms with Crippen molar-refractivity contribution in [3.8, 4) is 5.75 Å². The molecule has 0 aliphatic heterocycles. The number of nitrogens with zero attached hydrogens (tertiary/aromatic N) is 1. The van der Waals surface area contributed by atoms with Crippen molar-refractivity contribution in [1.82, 2.24) is 4.98 Å². The number of hydrogen-bond donors (Lipinski definition) is 1. The number of pyridine rings is 1. The van der Waals surface area contributed by atoms with Crippen LogP contribution in [0.2, 0.25) is 0 Å². The van der Waals surface area contributed by atoms with Gasteiger partial charge in [0, 0.05) is 10.7 Å². The number of benzene rings is 1. The number of carboxylic acid groups (broad SMARTS) is 1. The van der Waals surface area contributed by atoms with Gasteiger partial charge in [-0.05, 0) is 58.6 Å². The van der Waals surface area contributed by atoms with Gasteiger partial charge in [0.2, 0.25) is 0 Å². The molecule has 0 aliphatic rings. The van der Waals surface area contributed by atoms with Crippen LogP contribution in [0.3, 0.4) is 0 Å². The predicted molar refractivity (Wildman–Crippen MR) is 83.7 cm³/mol. The van der Waals surface area contributed by atoms with Gasteiger partial charge in [-0.1, -0.05) is 12.1 Å². The van der Waals surface area contributed by atoms with Gasteiger partial charge in [-0.15, -0.1) is 0 Å². The van der Waals surface area contributed by atoms with E-state index in [0.29, 0.717) is 12.1 Å². The fraction of sp³-hybridized carbons (Fsp3) is 0.250. The minimum absolute atomic E-state index is 0.396. The zero-order valence-corrected chi connectivity index (χ0v) is 13.4. The van der Waals surface area contributed by atoms with Crippen molar-refractivity contribution < 1.29 is 14.6 Å². The molecule has 0 fully saturated rings. The second-order valence-electron chi connectivity index (χ2n) is 4.80. The summed E-state index contributed by atoms with van der Waals surface area (Å²) in [6.07, 6.45) is 2.04. The third-order valence-corrected chi connectivity index (χ3v) is 4.15. The summed E-state index contributed by atoms with van der Waals surface area (Å²) in [6, 6.07) is 9.22. The van der Waals surface area contributed by atoms with Gasteiger partial charge in [0.25, 0.3) is 0 Å². The van der Waals surface area contributed by atoms with E-state index in [1.54, 1.807) is 13.3 Å². The largest absolute Gasteiger partial charge is 0.497 e. The van der Waals surface area contributed by atoms with Gasteiger partial charge >= 0.3 is 5.97 Å². The van der Waals surface area contributed by atoms with Gasteiger partial charge in [0.05, 0.1) is 12.8 Å². The molecular formula is C16H16BrNO3. The van der Waals surface area contributed by atoms with Crippen LogP contribution in [0.15, 0.2) is 41.0 Å². The second kappa shape index (κ2) is 6.72. The lowest BCUT2D eigenvalue weighted by atomic mass is 9.95. The Morgan fingerprint density at radius 2 is 2.05 bits per heavy atom. The third-order valence-electron chi connectivity index (χ3n) is 3.32. The Morgan fingerprint density at radius 1 is 1.38 bits per heavy atom. The Kier molecular flexibility index (Phi) is 4.96. The molecule has 0 spiro atoms. The molecule has 0 saturated heterocycles. The van der Waals surface area contributed by atoms with E-state index in [1.807, 2.05) is 37.3 Å². The normalized spacial score (nSPS) is 12.0. The molecule has 0 bridgehead atoms. The number of ether oxygens (including phenoxy) is 1. The number of carbonyl (C=O) groups is 1. The van der Waals surface area contributed by atoms with E-state index in [4.69, 9.17) is 4.74 Å². The third kappa shape index (κ3) is 3.82. The predicted octanol–water partition coefficient (Wildman–Crippen LogP) is 3.57. The first-order valence-corrected chi connectivity index (χ1v) is 7.28. The van der Waals surface area contributed by atoms with Gasteiger partial charge in [0.15, 0.2) is 0 Å². The van der Waals surface area contributed by atoms with Crippen molar-refractivity contribution >= 4 is 21.9 Å². The minimum Gasteiger partial charge on any atom is -0.497 e. The lowest BCUT2D eigenvalue weighted by molar-refractivity contribution is -0.138. The number of aromatic nitrogens is 1. The highest BCUT2D eigenvalue weighted by molar-refractivity contribution is 9.10. The van der Waals surface area contributed by atoms with Gasteiger partial charge in [-0.3, -0.25) is 9.78 Å². The maximum absolute atomic E-state index is 11.5. The smallest absolute Gasteiger partial charge is 0.312 e. The molecule has 1 heterocycles. The Morgan fingerprint density at radius 3 is 2.57 bits per heavy atom. The zero-order chi connectivity index (χ0) is 15.4. The first-order valence-electron chi connectivity index (χ1n) is 6.49. The molecule has 0 amide bonds. The number of methoxy groups -OCH3 is 1. The molecule has 1 N–H and O–H groups in total. The summed E-state index contributed by atoms with van der Waals surface area (Å²) >= 11 is 3.37. The lowest BCUT2D eigenvalue weighted by Gasteiger charge is -2.13. The Balaban J connectivity index is 2.26. The summed E-state index contributed by atoms with van der Waals surface area (Å²) in [4.78, 5) is 15.8. The monoisotopic (exact) mass is 349 g/mol. The molecule has 1 atom stereocenters. The van der Waals surface area contributed by atoms with E-state index < -0.39 is 11.9 Å². The van der Waals surface area contributed by atoms with E-state index in [1.165, 1.54) is 0 Å². The molecule has 110 valence electrons. The summed E-state index contributed by atoms with van der Waals surface area (Å²) < 4.78 is 5.98. The first kappa shape index (κ1) is 15.5. The van der Waals surface area contributed by atoms with E-state index in [0.717, 1.165) is 21.3 Å². The van der Waals surface area contributed by atoms with Crippen LogP contribution in [-0.4, -0.2) is 23.2 Å². The van der Waals surface area contributed by atoms with Crippen LogP contribution in [0, 0.1) is 6.92 Å². The van der Waals surface area contributed by atoms with E-state index in [-0.39, 0.29) is 0 Å². The summed E-state index contributed by atoms with van der Waals surface area (Å²) in [6.45, 7) is 1.92. The van der Waals surface area contributed by atoms with Crippen LogP contribution in [0.25, 0.3) is 0 Å². The van der Waals surface area contributed by atoms with Gasteiger partial charge in [-0.2, -0.15) is 0 Å². The number of carboxylic acids is 1. The van der Waals surface area contributed by atoms with E-state index >= 15 is 0 Å². The van der Waals surface area contributed by atoms with Crippen LogP contribution >= 0.6 is 15.9 Å². The molecule has 1 aromatic carbocycles. The van der Waals surface area contributed by atoms with Crippen molar-refractivity contribution in [2.75, 3.05) is 7.11 Å². The number of rotatable bonds is 5. The maximum atomic E-state index is 11.5. The van der Waals surface area contributed by atoms with Gasteiger partial charge in [-0.25, -0.2) is 0 Å². The SMILES string of the molecule is COc1ccc(CC(C(=O)O)c2cc(C)c(Br)cn2)cc1. The zero-order valence-electron chi connectivity index (χ0n) is 11.8. The van der Waals surface area contributed by atoms with Crippen LogP contribution in [0.1, 0.15) is 22.7 Å². The molecule has 5 heteroatoms. The molecule has 1 unspecified atom stereocenters. The molecule has 2 rings (SSSR count). The van der Waals surface area contributed by atoms with Crippen molar-refractivity contribution in [1.29, 1.82) is 0 Å². The average Bonchev–Trinajstić information content (AvgIpc) is 2.48. The molecule has 0 radical (unpaired) electrons. The number of hydrogen-bond acceptors (Lipinski definition) is 3. The fourth-order valence-electron chi connectivity index (χ4n) is 2.07. The van der Waals surface area contributed by atoms with Gasteiger partial charge < -0.3 is 9.84 Å². The fourth-order valence-corrected chi connectivity index (χ4v) is 2.28. The molecule has 0 saturated carbocycles. The molecule has 0 aliphatic carbocycles. The first-order chi connectivity index (χ1) is 10.0.